The zero-order chi connectivity index (χ0) is 15.1. The van der Waals surface area contributed by atoms with Gasteiger partial charge < -0.3 is 19.9 Å². The Morgan fingerprint density at radius 1 is 1.43 bits per heavy atom. The Hall–Kier alpha value is -1.33. The zero-order valence-electron chi connectivity index (χ0n) is 12.9. The number of methoxy groups -OCH3 is 1. The highest BCUT2D eigenvalue weighted by molar-refractivity contribution is 5.42. The number of anilines is 1. The minimum atomic E-state index is -0.510. The summed E-state index contributed by atoms with van der Waals surface area (Å²) in [6.07, 6.45) is 6.26. The van der Waals surface area contributed by atoms with Gasteiger partial charge in [-0.2, -0.15) is 0 Å². The molecule has 1 heterocycles. The minimum absolute atomic E-state index is 0.311. The van der Waals surface area contributed by atoms with E-state index in [2.05, 4.69) is 17.2 Å². The largest absolute Gasteiger partial charge is 0.481 e. The van der Waals surface area contributed by atoms with Crippen molar-refractivity contribution in [1.29, 1.82) is 0 Å². The maximum Gasteiger partial charge on any atom is 0.213 e. The van der Waals surface area contributed by atoms with Gasteiger partial charge in [-0.05, 0) is 24.8 Å². The molecule has 1 fully saturated rings. The number of ether oxygens (including phenoxy) is 2. The molecule has 0 spiro atoms. The second-order valence-corrected chi connectivity index (χ2v) is 5.85. The normalized spacial score (nSPS) is 23.6. The molecule has 1 aromatic rings. The van der Waals surface area contributed by atoms with E-state index < -0.39 is 6.10 Å². The first kappa shape index (κ1) is 16.0. The molecule has 0 bridgehead atoms. The van der Waals surface area contributed by atoms with Gasteiger partial charge in [-0.1, -0.05) is 19.8 Å². The van der Waals surface area contributed by atoms with E-state index >= 15 is 0 Å². The van der Waals surface area contributed by atoms with Crippen LogP contribution in [0.25, 0.3) is 0 Å². The predicted molar refractivity (Wildman–Crippen MR) is 82.7 cm³/mol. The molecule has 1 aromatic heterocycles. The number of nitrogens with zero attached hydrogens (tertiary/aromatic N) is 1. The molecule has 0 aliphatic heterocycles. The summed E-state index contributed by atoms with van der Waals surface area (Å²) in [6, 6.07) is 3.66. The Labute approximate surface area is 126 Å². The summed E-state index contributed by atoms with van der Waals surface area (Å²) < 4.78 is 10.8. The van der Waals surface area contributed by atoms with Gasteiger partial charge in [0, 0.05) is 12.6 Å². The van der Waals surface area contributed by atoms with E-state index in [0.29, 0.717) is 25.1 Å². The molecule has 1 saturated carbocycles. The Morgan fingerprint density at radius 3 is 2.95 bits per heavy atom. The molecular formula is C16H26N2O3. The molecule has 21 heavy (non-hydrogen) atoms. The fourth-order valence-corrected chi connectivity index (χ4v) is 2.68. The summed E-state index contributed by atoms with van der Waals surface area (Å²) >= 11 is 0. The number of aliphatic hydroxyl groups excluding tert-OH is 1. The average molecular weight is 294 g/mol. The quantitative estimate of drug-likeness (QED) is 0.809. The van der Waals surface area contributed by atoms with Gasteiger partial charge in [-0.3, -0.25) is 0 Å². The van der Waals surface area contributed by atoms with Crippen LogP contribution in [-0.2, 0) is 4.74 Å². The maximum atomic E-state index is 9.98. The van der Waals surface area contributed by atoms with E-state index in [-0.39, 0.29) is 0 Å². The molecule has 0 saturated heterocycles. The summed E-state index contributed by atoms with van der Waals surface area (Å²) in [7, 11) is 1.59. The lowest BCUT2D eigenvalue weighted by Gasteiger charge is -2.27. The number of hydrogen-bond donors (Lipinski definition) is 2. The topological polar surface area (TPSA) is 63.6 Å². The fraction of sp³-hybridized carbons (Fsp3) is 0.688. The Bertz CT molecular complexity index is 410. The van der Waals surface area contributed by atoms with Crippen molar-refractivity contribution in [2.75, 3.05) is 25.6 Å². The van der Waals surface area contributed by atoms with E-state index in [4.69, 9.17) is 9.47 Å². The predicted octanol–water partition coefficient (Wildman–Crippen LogP) is 2.46. The highest BCUT2D eigenvalue weighted by atomic mass is 16.5. The van der Waals surface area contributed by atoms with Gasteiger partial charge in [0.2, 0.25) is 5.88 Å². The Morgan fingerprint density at radius 2 is 2.29 bits per heavy atom. The van der Waals surface area contributed by atoms with Crippen LogP contribution in [0, 0.1) is 5.92 Å². The second-order valence-electron chi connectivity index (χ2n) is 5.85. The number of rotatable bonds is 7. The summed E-state index contributed by atoms with van der Waals surface area (Å²) in [6.45, 7) is 3.11. The molecule has 5 nitrogen and oxygen atoms in total. The molecule has 1 aliphatic rings. The van der Waals surface area contributed by atoms with Gasteiger partial charge in [0.1, 0.15) is 0 Å². The van der Waals surface area contributed by atoms with Crippen LogP contribution >= 0.6 is 0 Å². The SMILES string of the molecule is COc1ccc(NCC(O)COC2CCCC(C)C2)cn1. The van der Waals surface area contributed by atoms with Crippen molar-refractivity contribution < 1.29 is 14.6 Å². The third-order valence-electron chi connectivity index (χ3n) is 3.90. The molecule has 3 atom stereocenters. The first-order valence-electron chi connectivity index (χ1n) is 7.71. The van der Waals surface area contributed by atoms with E-state index in [1.165, 1.54) is 12.8 Å². The molecule has 0 radical (unpaired) electrons. The van der Waals surface area contributed by atoms with Crippen LogP contribution < -0.4 is 10.1 Å². The summed E-state index contributed by atoms with van der Waals surface area (Å²) in [5.41, 5.74) is 0.862. The van der Waals surface area contributed by atoms with Crippen molar-refractivity contribution in [2.24, 2.45) is 5.92 Å². The molecule has 5 heteroatoms. The molecule has 0 amide bonds. The van der Waals surface area contributed by atoms with Gasteiger partial charge in [-0.15, -0.1) is 0 Å². The lowest BCUT2D eigenvalue weighted by molar-refractivity contribution is -0.0274. The molecule has 0 aromatic carbocycles. The van der Waals surface area contributed by atoms with Crippen LogP contribution in [-0.4, -0.2) is 42.6 Å². The fourth-order valence-electron chi connectivity index (χ4n) is 2.68. The lowest BCUT2D eigenvalue weighted by atomic mass is 9.89. The smallest absolute Gasteiger partial charge is 0.213 e. The van der Waals surface area contributed by atoms with E-state index in [0.717, 1.165) is 24.4 Å². The number of aliphatic hydroxyl groups is 1. The van der Waals surface area contributed by atoms with Gasteiger partial charge in [0.05, 0.1) is 37.8 Å². The zero-order valence-corrected chi connectivity index (χ0v) is 12.9. The standard InChI is InChI=1S/C16H26N2O3/c1-12-4-3-5-15(8-12)21-11-14(19)10-17-13-6-7-16(20-2)18-9-13/h6-7,9,12,14-15,17,19H,3-5,8,10-11H2,1-2H3. The van der Waals surface area contributed by atoms with Gasteiger partial charge >= 0.3 is 0 Å². The highest BCUT2D eigenvalue weighted by Gasteiger charge is 2.20. The first-order chi connectivity index (χ1) is 10.2. The Balaban J connectivity index is 1.65. The monoisotopic (exact) mass is 294 g/mol. The van der Waals surface area contributed by atoms with Crippen molar-refractivity contribution in [1.82, 2.24) is 4.98 Å². The second kappa shape index (κ2) is 8.20. The van der Waals surface area contributed by atoms with Crippen molar-refractivity contribution >= 4 is 5.69 Å². The highest BCUT2D eigenvalue weighted by Crippen LogP contribution is 2.25. The van der Waals surface area contributed by atoms with Crippen molar-refractivity contribution in [3.8, 4) is 5.88 Å². The van der Waals surface area contributed by atoms with Gasteiger partial charge in [-0.25, -0.2) is 4.98 Å². The third-order valence-corrected chi connectivity index (χ3v) is 3.90. The van der Waals surface area contributed by atoms with E-state index in [9.17, 15) is 5.11 Å². The molecule has 3 unspecified atom stereocenters. The molecule has 1 aliphatic carbocycles. The number of pyridine rings is 1. The van der Waals surface area contributed by atoms with Gasteiger partial charge in [0.25, 0.3) is 0 Å². The maximum absolute atomic E-state index is 9.98. The van der Waals surface area contributed by atoms with E-state index in [1.807, 2.05) is 6.07 Å². The van der Waals surface area contributed by atoms with Crippen LogP contribution in [0.1, 0.15) is 32.6 Å². The van der Waals surface area contributed by atoms with Crippen molar-refractivity contribution in [3.63, 3.8) is 0 Å². The number of aromatic nitrogens is 1. The van der Waals surface area contributed by atoms with Crippen LogP contribution in [0.4, 0.5) is 5.69 Å². The van der Waals surface area contributed by atoms with Crippen LogP contribution in [0.15, 0.2) is 18.3 Å². The first-order valence-corrected chi connectivity index (χ1v) is 7.71. The summed E-state index contributed by atoms with van der Waals surface area (Å²) in [5, 5.41) is 13.1. The molecule has 2 rings (SSSR count). The van der Waals surface area contributed by atoms with Crippen molar-refractivity contribution in [3.05, 3.63) is 18.3 Å². The van der Waals surface area contributed by atoms with Crippen molar-refractivity contribution in [2.45, 2.75) is 44.8 Å². The van der Waals surface area contributed by atoms with E-state index in [1.54, 1.807) is 19.4 Å². The Kier molecular flexibility index (Phi) is 6.26. The molecule has 118 valence electrons. The number of hydrogen-bond acceptors (Lipinski definition) is 5. The third kappa shape index (κ3) is 5.52. The van der Waals surface area contributed by atoms with Crippen LogP contribution in [0.5, 0.6) is 5.88 Å². The van der Waals surface area contributed by atoms with Gasteiger partial charge in [0.15, 0.2) is 0 Å². The summed E-state index contributed by atoms with van der Waals surface area (Å²) in [5.74, 6) is 1.32. The van der Waals surface area contributed by atoms with Crippen LogP contribution in [0.2, 0.25) is 0 Å². The van der Waals surface area contributed by atoms with Crippen LogP contribution in [0.3, 0.4) is 0 Å². The lowest BCUT2D eigenvalue weighted by Crippen LogP contribution is -2.30. The molecule has 2 N–H and O–H groups in total. The summed E-state index contributed by atoms with van der Waals surface area (Å²) in [4.78, 5) is 4.11. The minimum Gasteiger partial charge on any atom is -0.481 e. The average Bonchev–Trinajstić information content (AvgIpc) is 2.51. The number of nitrogens with one attached hydrogen (secondary N) is 1. The molecular weight excluding hydrogens is 268 g/mol.